The summed E-state index contributed by atoms with van der Waals surface area (Å²) in [6, 6.07) is 5.83. The summed E-state index contributed by atoms with van der Waals surface area (Å²) in [5.41, 5.74) is 1.13. The summed E-state index contributed by atoms with van der Waals surface area (Å²) in [4.78, 5) is 0. The number of aryl methyl sites for hydroxylation is 1. The molecule has 1 aromatic carbocycles. The molecule has 1 N–H and O–H groups in total. The van der Waals surface area contributed by atoms with Crippen LogP contribution in [0.1, 0.15) is 25.3 Å². The zero-order chi connectivity index (χ0) is 13.5. The SMILES string of the molecule is CCc1cc(OCCNCC2CCCO2)ccc1Cl. The van der Waals surface area contributed by atoms with Crippen molar-refractivity contribution in [3.63, 3.8) is 0 Å². The molecule has 0 amide bonds. The molecule has 19 heavy (non-hydrogen) atoms. The van der Waals surface area contributed by atoms with Gasteiger partial charge in [-0.05, 0) is 43.0 Å². The molecule has 0 aliphatic carbocycles. The van der Waals surface area contributed by atoms with Gasteiger partial charge >= 0.3 is 0 Å². The summed E-state index contributed by atoms with van der Waals surface area (Å²) in [5.74, 6) is 0.889. The lowest BCUT2D eigenvalue weighted by Gasteiger charge is -2.12. The number of ether oxygens (including phenoxy) is 2. The van der Waals surface area contributed by atoms with Crippen LogP contribution >= 0.6 is 11.6 Å². The maximum absolute atomic E-state index is 6.07. The molecule has 1 atom stereocenters. The predicted molar refractivity (Wildman–Crippen MR) is 78.2 cm³/mol. The molecule has 1 fully saturated rings. The lowest BCUT2D eigenvalue weighted by molar-refractivity contribution is 0.109. The highest BCUT2D eigenvalue weighted by atomic mass is 35.5. The Balaban J connectivity index is 1.64. The van der Waals surface area contributed by atoms with Gasteiger partial charge in [-0.25, -0.2) is 0 Å². The number of nitrogens with one attached hydrogen (secondary N) is 1. The Kier molecular flexibility index (Phi) is 5.95. The first-order chi connectivity index (χ1) is 9.29. The summed E-state index contributed by atoms with van der Waals surface area (Å²) in [5, 5.41) is 4.17. The average Bonchev–Trinajstić information content (AvgIpc) is 2.93. The van der Waals surface area contributed by atoms with E-state index in [2.05, 4.69) is 12.2 Å². The summed E-state index contributed by atoms with van der Waals surface area (Å²) >= 11 is 6.07. The van der Waals surface area contributed by atoms with Gasteiger partial charge in [0, 0.05) is 24.7 Å². The molecule has 0 saturated carbocycles. The predicted octanol–water partition coefficient (Wildman–Crippen LogP) is 3.05. The number of halogens is 1. The van der Waals surface area contributed by atoms with E-state index in [0.29, 0.717) is 12.7 Å². The molecule has 1 aliphatic rings. The quantitative estimate of drug-likeness (QED) is 0.780. The molecular formula is C15H22ClNO2. The second kappa shape index (κ2) is 7.73. The summed E-state index contributed by atoms with van der Waals surface area (Å²) in [6.45, 7) is 5.42. The van der Waals surface area contributed by atoms with E-state index in [-0.39, 0.29) is 0 Å². The Morgan fingerprint density at radius 1 is 1.47 bits per heavy atom. The highest BCUT2D eigenvalue weighted by Gasteiger charge is 2.14. The first kappa shape index (κ1) is 14.6. The molecule has 1 saturated heterocycles. The van der Waals surface area contributed by atoms with Gasteiger partial charge in [-0.3, -0.25) is 0 Å². The number of rotatable bonds is 7. The molecule has 1 aromatic rings. The van der Waals surface area contributed by atoms with Crippen LogP contribution in [0.2, 0.25) is 5.02 Å². The summed E-state index contributed by atoms with van der Waals surface area (Å²) in [7, 11) is 0. The number of benzene rings is 1. The van der Waals surface area contributed by atoms with Gasteiger partial charge in [0.15, 0.2) is 0 Å². The Labute approximate surface area is 120 Å². The van der Waals surface area contributed by atoms with Gasteiger partial charge < -0.3 is 14.8 Å². The smallest absolute Gasteiger partial charge is 0.119 e. The first-order valence-corrected chi connectivity index (χ1v) is 7.41. The van der Waals surface area contributed by atoms with Gasteiger partial charge in [0.25, 0.3) is 0 Å². The average molecular weight is 284 g/mol. The van der Waals surface area contributed by atoms with E-state index < -0.39 is 0 Å². The van der Waals surface area contributed by atoms with Crippen molar-refractivity contribution in [3.05, 3.63) is 28.8 Å². The number of hydrogen-bond donors (Lipinski definition) is 1. The van der Waals surface area contributed by atoms with E-state index in [4.69, 9.17) is 21.1 Å². The molecule has 0 radical (unpaired) electrons. The lowest BCUT2D eigenvalue weighted by atomic mass is 10.1. The highest BCUT2D eigenvalue weighted by molar-refractivity contribution is 6.31. The molecule has 1 heterocycles. The highest BCUT2D eigenvalue weighted by Crippen LogP contribution is 2.22. The minimum Gasteiger partial charge on any atom is -0.492 e. The maximum Gasteiger partial charge on any atom is 0.119 e. The molecule has 106 valence electrons. The molecule has 1 aliphatic heterocycles. The van der Waals surface area contributed by atoms with E-state index in [1.807, 2.05) is 18.2 Å². The van der Waals surface area contributed by atoms with E-state index >= 15 is 0 Å². The zero-order valence-corrected chi connectivity index (χ0v) is 12.2. The summed E-state index contributed by atoms with van der Waals surface area (Å²) in [6.07, 6.45) is 3.67. The molecule has 3 nitrogen and oxygen atoms in total. The Morgan fingerprint density at radius 2 is 2.37 bits per heavy atom. The Hall–Kier alpha value is -0.770. The van der Waals surface area contributed by atoms with E-state index in [0.717, 1.165) is 42.5 Å². The monoisotopic (exact) mass is 283 g/mol. The first-order valence-electron chi connectivity index (χ1n) is 7.03. The standard InChI is InChI=1S/C15H22ClNO2/c1-2-12-10-13(5-6-15(12)16)19-9-7-17-11-14-4-3-8-18-14/h5-6,10,14,17H,2-4,7-9,11H2,1H3. The van der Waals surface area contributed by atoms with Crippen LogP contribution in [0.5, 0.6) is 5.75 Å². The molecule has 0 aromatic heterocycles. The second-order valence-corrected chi connectivity index (χ2v) is 5.20. The van der Waals surface area contributed by atoms with Crippen molar-refractivity contribution in [2.45, 2.75) is 32.3 Å². The maximum atomic E-state index is 6.07. The van der Waals surface area contributed by atoms with Crippen LogP contribution in [0.15, 0.2) is 18.2 Å². The molecule has 0 spiro atoms. The van der Waals surface area contributed by atoms with E-state index in [1.165, 1.54) is 12.8 Å². The van der Waals surface area contributed by atoms with Gasteiger partial charge in [0.2, 0.25) is 0 Å². The van der Waals surface area contributed by atoms with Gasteiger partial charge in [-0.15, -0.1) is 0 Å². The Bertz CT molecular complexity index is 392. The molecule has 1 unspecified atom stereocenters. The van der Waals surface area contributed by atoms with Gasteiger partial charge in [0.1, 0.15) is 12.4 Å². The van der Waals surface area contributed by atoms with Crippen LogP contribution < -0.4 is 10.1 Å². The van der Waals surface area contributed by atoms with Crippen molar-refractivity contribution >= 4 is 11.6 Å². The van der Waals surface area contributed by atoms with Crippen molar-refractivity contribution < 1.29 is 9.47 Å². The second-order valence-electron chi connectivity index (χ2n) is 4.79. The van der Waals surface area contributed by atoms with Crippen molar-refractivity contribution in [2.75, 3.05) is 26.3 Å². The van der Waals surface area contributed by atoms with Crippen molar-refractivity contribution in [1.29, 1.82) is 0 Å². The van der Waals surface area contributed by atoms with Crippen LogP contribution in [-0.4, -0.2) is 32.4 Å². The van der Waals surface area contributed by atoms with Crippen molar-refractivity contribution in [2.24, 2.45) is 0 Å². The third-order valence-corrected chi connectivity index (χ3v) is 3.71. The van der Waals surface area contributed by atoms with Crippen LogP contribution in [0.3, 0.4) is 0 Å². The largest absolute Gasteiger partial charge is 0.492 e. The minimum atomic E-state index is 0.391. The van der Waals surface area contributed by atoms with Gasteiger partial charge in [-0.1, -0.05) is 18.5 Å². The lowest BCUT2D eigenvalue weighted by Crippen LogP contribution is -2.29. The molecule has 2 rings (SSSR count). The van der Waals surface area contributed by atoms with E-state index in [9.17, 15) is 0 Å². The van der Waals surface area contributed by atoms with Crippen molar-refractivity contribution in [1.82, 2.24) is 5.32 Å². The molecule has 0 bridgehead atoms. The van der Waals surface area contributed by atoms with Crippen LogP contribution in [0.4, 0.5) is 0 Å². The van der Waals surface area contributed by atoms with Crippen molar-refractivity contribution in [3.8, 4) is 5.75 Å². The molecule has 4 heteroatoms. The number of hydrogen-bond acceptors (Lipinski definition) is 3. The van der Waals surface area contributed by atoms with Crippen LogP contribution in [0.25, 0.3) is 0 Å². The van der Waals surface area contributed by atoms with E-state index in [1.54, 1.807) is 0 Å². The zero-order valence-electron chi connectivity index (χ0n) is 11.5. The fraction of sp³-hybridized carbons (Fsp3) is 0.600. The Morgan fingerprint density at radius 3 is 3.11 bits per heavy atom. The van der Waals surface area contributed by atoms with Crippen LogP contribution in [0, 0.1) is 0 Å². The normalized spacial score (nSPS) is 18.7. The topological polar surface area (TPSA) is 30.5 Å². The third-order valence-electron chi connectivity index (χ3n) is 3.34. The molecular weight excluding hydrogens is 262 g/mol. The fourth-order valence-electron chi connectivity index (χ4n) is 2.22. The van der Waals surface area contributed by atoms with Crippen LogP contribution in [-0.2, 0) is 11.2 Å². The van der Waals surface area contributed by atoms with Gasteiger partial charge in [-0.2, -0.15) is 0 Å². The fourth-order valence-corrected chi connectivity index (χ4v) is 2.47. The summed E-state index contributed by atoms with van der Waals surface area (Å²) < 4.78 is 11.2. The third kappa shape index (κ3) is 4.68. The minimum absolute atomic E-state index is 0.391. The van der Waals surface area contributed by atoms with Gasteiger partial charge in [0.05, 0.1) is 6.10 Å².